The number of fused-ring (bicyclic) bond motifs is 3. The van der Waals surface area contributed by atoms with Crippen molar-refractivity contribution in [2.24, 2.45) is 0 Å². The average molecular weight is 325 g/mol. The van der Waals surface area contributed by atoms with Gasteiger partial charge in [0.15, 0.2) is 0 Å². The highest BCUT2D eigenvalue weighted by Crippen LogP contribution is 2.50. The number of hydrogen-bond donors (Lipinski definition) is 0. The molecule has 2 aromatic rings. The van der Waals surface area contributed by atoms with Gasteiger partial charge in [0, 0.05) is 5.41 Å². The highest BCUT2D eigenvalue weighted by atomic mass is 14.4. The summed E-state index contributed by atoms with van der Waals surface area (Å²) in [6.45, 7) is 21.8. The van der Waals surface area contributed by atoms with Crippen molar-refractivity contribution in [1.29, 1.82) is 0 Å². The average Bonchev–Trinajstić information content (AvgIpc) is 2.78. The van der Waals surface area contributed by atoms with E-state index < -0.39 is 0 Å². The van der Waals surface area contributed by atoms with E-state index in [2.05, 4.69) is 77.9 Å². The summed E-state index contributed by atoms with van der Waals surface area (Å²) in [4.78, 5) is 0. The predicted octanol–water partition coefficient (Wildman–Crippen LogP) is 7.65. The van der Waals surface area contributed by atoms with Crippen molar-refractivity contribution in [1.82, 2.24) is 0 Å². The fourth-order valence-electron chi connectivity index (χ4n) is 3.66. The van der Waals surface area contributed by atoms with E-state index in [4.69, 9.17) is 0 Å². The smallest absolute Gasteiger partial charge is 0.0158 e. The van der Waals surface area contributed by atoms with Crippen LogP contribution >= 0.6 is 0 Å². The van der Waals surface area contributed by atoms with Crippen molar-refractivity contribution >= 4 is 0 Å². The van der Waals surface area contributed by atoms with Crippen LogP contribution in [0.1, 0.15) is 84.6 Å². The van der Waals surface area contributed by atoms with Crippen LogP contribution in [-0.2, 0) is 10.8 Å². The fraction of sp³-hybridized carbons (Fsp3) is 0.500. The third kappa shape index (κ3) is 3.43. The molecule has 0 aromatic heterocycles. The van der Waals surface area contributed by atoms with E-state index in [-0.39, 0.29) is 10.8 Å². The number of aryl methyl sites for hydroxylation is 1. The van der Waals surface area contributed by atoms with Crippen molar-refractivity contribution in [3.05, 3.63) is 58.7 Å². The van der Waals surface area contributed by atoms with Gasteiger partial charge < -0.3 is 0 Å². The summed E-state index contributed by atoms with van der Waals surface area (Å²) < 4.78 is 0. The van der Waals surface area contributed by atoms with Crippen LogP contribution in [0.15, 0.2) is 36.4 Å². The molecular weight excluding hydrogens is 288 g/mol. The van der Waals surface area contributed by atoms with Gasteiger partial charge in [0.1, 0.15) is 0 Å². The minimum Gasteiger partial charge on any atom is -0.0683 e. The van der Waals surface area contributed by atoms with Crippen molar-refractivity contribution in [2.45, 2.75) is 80.1 Å². The van der Waals surface area contributed by atoms with E-state index in [0.29, 0.717) is 0 Å². The van der Waals surface area contributed by atoms with Crippen molar-refractivity contribution in [2.75, 3.05) is 0 Å². The summed E-state index contributed by atoms with van der Waals surface area (Å²) >= 11 is 0. The zero-order valence-corrected chi connectivity index (χ0v) is 17.5. The third-order valence-electron chi connectivity index (χ3n) is 4.74. The van der Waals surface area contributed by atoms with E-state index in [0.717, 1.165) is 0 Å². The molecule has 0 atom stereocenters. The first-order valence-electron chi connectivity index (χ1n) is 9.48. The first kappa shape index (κ1) is 20.5. The SMILES string of the molecule is CC.CC.Cc1cc2c(cc1C(C)(C)C)C(C)(C)c1ccccc1-2. The van der Waals surface area contributed by atoms with Crippen LogP contribution in [0.5, 0.6) is 0 Å². The van der Waals surface area contributed by atoms with E-state index in [1.807, 2.05) is 27.7 Å². The standard InChI is InChI=1S/C20H24.2C2H6/c1-13-11-15-14-9-7-8-10-16(14)20(5,6)18(15)12-17(13)19(2,3)4;2*1-2/h7-12H,1-6H3;2*1-2H3. The van der Waals surface area contributed by atoms with Crippen LogP contribution in [0.2, 0.25) is 0 Å². The molecule has 0 heteroatoms. The van der Waals surface area contributed by atoms with E-state index in [1.165, 1.54) is 33.4 Å². The monoisotopic (exact) mass is 324 g/mol. The zero-order chi connectivity index (χ0) is 18.7. The Balaban J connectivity index is 0.000000671. The topological polar surface area (TPSA) is 0 Å². The molecule has 0 heterocycles. The Hall–Kier alpha value is -1.56. The Labute approximate surface area is 150 Å². The second-order valence-corrected chi connectivity index (χ2v) is 7.63. The summed E-state index contributed by atoms with van der Waals surface area (Å²) in [6.07, 6.45) is 0. The Morgan fingerprint density at radius 1 is 0.750 bits per heavy atom. The minimum atomic E-state index is 0.111. The molecule has 0 bridgehead atoms. The van der Waals surface area contributed by atoms with E-state index >= 15 is 0 Å². The molecular formula is C24H36. The quantitative estimate of drug-likeness (QED) is 0.467. The zero-order valence-electron chi connectivity index (χ0n) is 17.5. The van der Waals surface area contributed by atoms with Crippen LogP contribution in [0.25, 0.3) is 11.1 Å². The van der Waals surface area contributed by atoms with Crippen molar-refractivity contribution in [3.63, 3.8) is 0 Å². The Kier molecular flexibility index (Phi) is 6.45. The molecule has 0 saturated heterocycles. The molecule has 1 aliphatic rings. The number of rotatable bonds is 0. The fourth-order valence-corrected chi connectivity index (χ4v) is 3.66. The highest BCUT2D eigenvalue weighted by molar-refractivity contribution is 5.81. The van der Waals surface area contributed by atoms with Crippen LogP contribution < -0.4 is 0 Å². The van der Waals surface area contributed by atoms with Gasteiger partial charge in [-0.2, -0.15) is 0 Å². The van der Waals surface area contributed by atoms with Gasteiger partial charge in [-0.15, -0.1) is 0 Å². The van der Waals surface area contributed by atoms with Crippen LogP contribution in [0.4, 0.5) is 0 Å². The summed E-state index contributed by atoms with van der Waals surface area (Å²) in [5.41, 5.74) is 8.96. The maximum Gasteiger partial charge on any atom is 0.0158 e. The largest absolute Gasteiger partial charge is 0.0683 e. The second kappa shape index (κ2) is 7.55. The van der Waals surface area contributed by atoms with Gasteiger partial charge in [0.2, 0.25) is 0 Å². The van der Waals surface area contributed by atoms with E-state index in [9.17, 15) is 0 Å². The molecule has 2 aromatic carbocycles. The molecule has 3 rings (SSSR count). The maximum absolute atomic E-state index is 2.45. The van der Waals surface area contributed by atoms with Crippen LogP contribution in [0.3, 0.4) is 0 Å². The molecule has 0 saturated carbocycles. The van der Waals surface area contributed by atoms with Gasteiger partial charge in [0.25, 0.3) is 0 Å². The van der Waals surface area contributed by atoms with Crippen LogP contribution in [0, 0.1) is 6.92 Å². The lowest BCUT2D eigenvalue weighted by Gasteiger charge is -2.27. The summed E-state index contributed by atoms with van der Waals surface area (Å²) in [5, 5.41) is 0. The van der Waals surface area contributed by atoms with Crippen LogP contribution in [-0.4, -0.2) is 0 Å². The van der Waals surface area contributed by atoms with Gasteiger partial charge in [-0.05, 0) is 45.7 Å². The minimum absolute atomic E-state index is 0.111. The number of hydrogen-bond acceptors (Lipinski definition) is 0. The lowest BCUT2D eigenvalue weighted by molar-refractivity contribution is 0.580. The van der Waals surface area contributed by atoms with Gasteiger partial charge in [-0.1, -0.05) is 98.7 Å². The molecule has 24 heavy (non-hydrogen) atoms. The summed E-state index contributed by atoms with van der Waals surface area (Å²) in [6, 6.07) is 13.7. The summed E-state index contributed by atoms with van der Waals surface area (Å²) in [7, 11) is 0. The van der Waals surface area contributed by atoms with Gasteiger partial charge >= 0.3 is 0 Å². The van der Waals surface area contributed by atoms with Gasteiger partial charge in [0.05, 0.1) is 0 Å². The first-order chi connectivity index (χ1) is 11.2. The molecule has 0 aliphatic heterocycles. The maximum atomic E-state index is 2.45. The molecule has 0 amide bonds. The molecule has 0 unspecified atom stereocenters. The molecule has 1 aliphatic carbocycles. The molecule has 0 N–H and O–H groups in total. The third-order valence-corrected chi connectivity index (χ3v) is 4.74. The van der Waals surface area contributed by atoms with Crippen molar-refractivity contribution in [3.8, 4) is 11.1 Å². The molecule has 0 spiro atoms. The van der Waals surface area contributed by atoms with Gasteiger partial charge in [-0.3, -0.25) is 0 Å². The lowest BCUT2D eigenvalue weighted by atomic mass is 9.77. The van der Waals surface area contributed by atoms with Crippen molar-refractivity contribution < 1.29 is 0 Å². The normalized spacial score (nSPS) is 13.8. The molecule has 0 fully saturated rings. The predicted molar refractivity (Wildman–Crippen MR) is 110 cm³/mol. The first-order valence-corrected chi connectivity index (χ1v) is 9.48. The Morgan fingerprint density at radius 2 is 1.29 bits per heavy atom. The molecule has 132 valence electrons. The summed E-state index contributed by atoms with van der Waals surface area (Å²) in [5.74, 6) is 0. The highest BCUT2D eigenvalue weighted by Gasteiger charge is 2.36. The molecule has 0 radical (unpaired) electrons. The second-order valence-electron chi connectivity index (χ2n) is 7.63. The molecule has 0 nitrogen and oxygen atoms in total. The van der Waals surface area contributed by atoms with E-state index in [1.54, 1.807) is 0 Å². The van der Waals surface area contributed by atoms with Gasteiger partial charge in [-0.25, -0.2) is 0 Å². The Morgan fingerprint density at radius 3 is 1.83 bits per heavy atom. The number of benzene rings is 2. The lowest BCUT2D eigenvalue weighted by Crippen LogP contribution is -2.18. The Bertz CT molecular complexity index is 682.